The summed E-state index contributed by atoms with van der Waals surface area (Å²) < 4.78 is 1.01. The molecule has 0 radical (unpaired) electrons. The van der Waals surface area contributed by atoms with Crippen LogP contribution in [0.15, 0.2) is 49.1 Å². The van der Waals surface area contributed by atoms with E-state index in [-0.39, 0.29) is 48.9 Å². The normalized spacial score (nSPS) is 8.76. The molecule has 0 spiro atoms. The molecule has 8 nitrogen and oxygen atoms in total. The van der Waals surface area contributed by atoms with Crippen molar-refractivity contribution in [3.63, 3.8) is 0 Å². The Morgan fingerprint density at radius 3 is 1.14 bits per heavy atom. The summed E-state index contributed by atoms with van der Waals surface area (Å²) in [5, 5.41) is 40.9. The molecule has 0 atom stereocenters. The van der Waals surface area contributed by atoms with Crippen LogP contribution in [0.4, 0.5) is 0 Å². The molecule has 9 heteroatoms. The van der Waals surface area contributed by atoms with Crippen LogP contribution in [0.3, 0.4) is 0 Å². The summed E-state index contributed by atoms with van der Waals surface area (Å²) in [6, 6.07) is 4.73. The van der Waals surface area contributed by atoms with Gasteiger partial charge < -0.3 is 30.2 Å². The number of carbonyl (C=O) groups is 2. The predicted molar refractivity (Wildman–Crippen MR) is 65.2 cm³/mol. The van der Waals surface area contributed by atoms with Crippen molar-refractivity contribution >= 4 is 49.7 Å². The van der Waals surface area contributed by atoms with Gasteiger partial charge in [0.1, 0.15) is 0 Å². The molecule has 2 aromatic rings. The van der Waals surface area contributed by atoms with Crippen LogP contribution in [0.1, 0.15) is 20.7 Å². The summed E-state index contributed by atoms with van der Waals surface area (Å²) in [6.07, 6.45) is 4.41. The number of carboxylic acid groups (broad SMARTS) is 2. The minimum atomic E-state index is -1.28. The molecule has 0 aliphatic heterocycles. The molecule has 0 aliphatic rings. The van der Waals surface area contributed by atoms with Crippen LogP contribution in [0.5, 0.6) is 0 Å². The van der Waals surface area contributed by atoms with E-state index in [2.05, 4.69) is 0 Å². The SMILES string of the molecule is O=C([O-])c1cc[n+]([O-])cc1.O=C([O-])c1cc[n+]([O-])cc1.[Ca+2]. The van der Waals surface area contributed by atoms with Gasteiger partial charge in [0.05, 0.1) is 11.9 Å². The second-order valence-electron chi connectivity index (χ2n) is 3.47. The Morgan fingerprint density at radius 1 is 0.714 bits per heavy atom. The van der Waals surface area contributed by atoms with Gasteiger partial charge in [-0.3, -0.25) is 0 Å². The topological polar surface area (TPSA) is 134 Å². The molecule has 0 amide bonds. The summed E-state index contributed by atoms with van der Waals surface area (Å²) in [5.74, 6) is -2.55. The maximum absolute atomic E-state index is 10.3. The molecule has 0 aliphatic carbocycles. The van der Waals surface area contributed by atoms with Gasteiger partial charge in [0, 0.05) is 35.4 Å². The van der Waals surface area contributed by atoms with E-state index in [1.54, 1.807) is 0 Å². The second kappa shape index (κ2) is 9.11. The van der Waals surface area contributed by atoms with Crippen LogP contribution in [0.25, 0.3) is 0 Å². The van der Waals surface area contributed by atoms with Gasteiger partial charge in [-0.25, -0.2) is 0 Å². The number of nitrogens with zero attached hydrogens (tertiary/aromatic N) is 2. The van der Waals surface area contributed by atoms with Gasteiger partial charge in [0.2, 0.25) is 0 Å². The van der Waals surface area contributed by atoms with Crippen LogP contribution < -0.4 is 19.7 Å². The first-order valence-electron chi connectivity index (χ1n) is 5.20. The van der Waals surface area contributed by atoms with Crippen LogP contribution in [-0.2, 0) is 0 Å². The van der Waals surface area contributed by atoms with Crippen molar-refractivity contribution < 1.29 is 29.3 Å². The van der Waals surface area contributed by atoms with Crippen molar-refractivity contribution in [3.8, 4) is 0 Å². The Labute approximate surface area is 149 Å². The molecule has 21 heavy (non-hydrogen) atoms. The zero-order valence-corrected chi connectivity index (χ0v) is 12.9. The minimum Gasteiger partial charge on any atom is -0.619 e. The molecule has 2 aromatic heterocycles. The van der Waals surface area contributed by atoms with Crippen LogP contribution in [0, 0.1) is 10.4 Å². The van der Waals surface area contributed by atoms with Crippen molar-refractivity contribution in [2.75, 3.05) is 0 Å². The molecule has 0 fully saturated rings. The fourth-order valence-electron chi connectivity index (χ4n) is 1.10. The minimum absolute atomic E-state index is 0. The summed E-state index contributed by atoms with van der Waals surface area (Å²) in [4.78, 5) is 20.2. The Bertz CT molecular complexity index is 545. The molecule has 0 N–H and O–H groups in total. The van der Waals surface area contributed by atoms with E-state index in [1.165, 1.54) is 24.3 Å². The zero-order valence-electron chi connectivity index (χ0n) is 10.7. The van der Waals surface area contributed by atoms with Gasteiger partial charge in [0.25, 0.3) is 0 Å². The number of carbonyl (C=O) groups excluding carboxylic acids is 2. The maximum Gasteiger partial charge on any atom is 2.00 e. The number of rotatable bonds is 2. The first kappa shape index (κ1) is 19.1. The summed E-state index contributed by atoms with van der Waals surface area (Å²) in [6.45, 7) is 0. The van der Waals surface area contributed by atoms with Crippen molar-refractivity contribution in [1.82, 2.24) is 0 Å². The Hall–Kier alpha value is -1.90. The van der Waals surface area contributed by atoms with Crippen LogP contribution >= 0.6 is 0 Å². The molecule has 0 aromatic carbocycles. The average molecular weight is 316 g/mol. The smallest absolute Gasteiger partial charge is 0.619 e. The van der Waals surface area contributed by atoms with E-state index in [1.807, 2.05) is 0 Å². The first-order chi connectivity index (χ1) is 9.40. The van der Waals surface area contributed by atoms with Gasteiger partial charge in [-0.2, -0.15) is 9.46 Å². The van der Waals surface area contributed by atoms with Crippen molar-refractivity contribution in [2.45, 2.75) is 0 Å². The fourth-order valence-corrected chi connectivity index (χ4v) is 1.10. The van der Waals surface area contributed by atoms with Crippen LogP contribution in [-0.4, -0.2) is 49.7 Å². The van der Waals surface area contributed by atoms with Crippen LogP contribution in [0.2, 0.25) is 0 Å². The third kappa shape index (κ3) is 6.89. The van der Waals surface area contributed by atoms with E-state index in [0.29, 0.717) is 9.46 Å². The Balaban J connectivity index is 0.000000364. The van der Waals surface area contributed by atoms with E-state index in [4.69, 9.17) is 0 Å². The van der Waals surface area contributed by atoms with Gasteiger partial charge >= 0.3 is 37.7 Å². The third-order valence-corrected chi connectivity index (χ3v) is 2.08. The quantitative estimate of drug-likeness (QED) is 0.329. The number of hydrogen-bond acceptors (Lipinski definition) is 6. The molecule has 104 valence electrons. The summed E-state index contributed by atoms with van der Waals surface area (Å²) in [7, 11) is 0. The second-order valence-corrected chi connectivity index (χ2v) is 3.47. The van der Waals surface area contributed by atoms with E-state index in [0.717, 1.165) is 24.8 Å². The number of aromatic carboxylic acids is 2. The van der Waals surface area contributed by atoms with E-state index in [9.17, 15) is 30.2 Å². The molecular formula is C12H8CaN2O6. The molecule has 0 saturated heterocycles. The number of hydrogen-bond donors (Lipinski definition) is 0. The molecule has 2 heterocycles. The summed E-state index contributed by atoms with van der Waals surface area (Å²) >= 11 is 0. The van der Waals surface area contributed by atoms with Crippen molar-refractivity contribution in [2.24, 2.45) is 0 Å². The van der Waals surface area contributed by atoms with Gasteiger partial charge in [-0.1, -0.05) is 0 Å². The van der Waals surface area contributed by atoms with Gasteiger partial charge in [-0.15, -0.1) is 0 Å². The predicted octanol–water partition coefficient (Wildman–Crippen LogP) is -3.01. The van der Waals surface area contributed by atoms with Crippen molar-refractivity contribution in [3.05, 3.63) is 70.6 Å². The molecule has 0 unspecified atom stereocenters. The average Bonchev–Trinajstić information content (AvgIpc) is 2.40. The number of aromatic nitrogens is 2. The Morgan fingerprint density at radius 2 is 0.952 bits per heavy atom. The third-order valence-electron chi connectivity index (χ3n) is 2.08. The molecular weight excluding hydrogens is 308 g/mol. The number of carboxylic acids is 2. The van der Waals surface area contributed by atoms with Gasteiger partial charge in [0.15, 0.2) is 24.8 Å². The van der Waals surface area contributed by atoms with E-state index < -0.39 is 11.9 Å². The molecule has 0 saturated carbocycles. The Kier molecular flexibility index (Phi) is 8.29. The van der Waals surface area contributed by atoms with Crippen molar-refractivity contribution in [1.29, 1.82) is 0 Å². The monoisotopic (exact) mass is 316 g/mol. The first-order valence-corrected chi connectivity index (χ1v) is 5.20. The largest absolute Gasteiger partial charge is 2.00 e. The molecule has 2 rings (SSSR count). The maximum atomic E-state index is 10.3. The number of pyridine rings is 2. The standard InChI is InChI=1S/2C6H5NO3.Ca/c2*8-6(9)5-1-3-7(10)4-2-5;/h2*1-4H,(H,8,9);/q;;+2/p-2. The van der Waals surface area contributed by atoms with Gasteiger partial charge in [-0.05, 0) is 0 Å². The van der Waals surface area contributed by atoms with E-state index >= 15 is 0 Å². The molecule has 0 bridgehead atoms. The zero-order chi connectivity index (χ0) is 15.1. The summed E-state index contributed by atoms with van der Waals surface area (Å²) in [5.41, 5.74) is 0.0131. The fraction of sp³-hybridized carbons (Fsp3) is 0.